The molecule has 0 saturated heterocycles. The number of hydrogen-bond donors (Lipinski definition) is 2. The molecule has 1 fully saturated rings. The van der Waals surface area contributed by atoms with E-state index in [4.69, 9.17) is 15.0 Å². The molecular formula is C17H21N3O3. The van der Waals surface area contributed by atoms with Crippen LogP contribution in [0.5, 0.6) is 5.75 Å². The Morgan fingerprint density at radius 3 is 3.04 bits per heavy atom. The molecule has 0 spiro atoms. The van der Waals surface area contributed by atoms with Crippen molar-refractivity contribution in [3.05, 3.63) is 36.1 Å². The van der Waals surface area contributed by atoms with Crippen LogP contribution < -0.4 is 15.8 Å². The van der Waals surface area contributed by atoms with Crippen molar-refractivity contribution < 1.29 is 14.1 Å². The Morgan fingerprint density at radius 2 is 2.30 bits per heavy atom. The summed E-state index contributed by atoms with van der Waals surface area (Å²) in [6, 6.07) is 9.57. The molecule has 23 heavy (non-hydrogen) atoms. The van der Waals surface area contributed by atoms with Crippen molar-refractivity contribution in [2.75, 3.05) is 7.11 Å². The van der Waals surface area contributed by atoms with Crippen LogP contribution in [0.4, 0.5) is 0 Å². The normalized spacial score (nSPS) is 20.4. The first-order valence-electron chi connectivity index (χ1n) is 7.79. The summed E-state index contributed by atoms with van der Waals surface area (Å²) in [6.45, 7) is 0.335. The highest BCUT2D eigenvalue weighted by Crippen LogP contribution is 2.25. The van der Waals surface area contributed by atoms with Crippen LogP contribution in [0.15, 0.2) is 34.9 Å². The van der Waals surface area contributed by atoms with Crippen molar-refractivity contribution in [2.24, 2.45) is 11.7 Å². The average molecular weight is 315 g/mol. The van der Waals surface area contributed by atoms with Crippen molar-refractivity contribution in [1.82, 2.24) is 10.5 Å². The van der Waals surface area contributed by atoms with Crippen LogP contribution in [0.1, 0.15) is 25.0 Å². The minimum absolute atomic E-state index is 0.0192. The Hall–Kier alpha value is -2.34. The summed E-state index contributed by atoms with van der Waals surface area (Å²) in [4.78, 5) is 12.1. The van der Waals surface area contributed by atoms with Crippen molar-refractivity contribution in [3.8, 4) is 17.0 Å². The number of rotatable bonds is 5. The van der Waals surface area contributed by atoms with Gasteiger partial charge in [0, 0.05) is 23.6 Å². The van der Waals surface area contributed by atoms with Gasteiger partial charge in [-0.2, -0.15) is 0 Å². The van der Waals surface area contributed by atoms with Crippen molar-refractivity contribution in [1.29, 1.82) is 0 Å². The number of carbonyl (C=O) groups excluding carboxylic acids is 1. The third kappa shape index (κ3) is 3.71. The van der Waals surface area contributed by atoms with Crippen LogP contribution in [-0.2, 0) is 11.3 Å². The summed E-state index contributed by atoms with van der Waals surface area (Å²) < 4.78 is 10.5. The van der Waals surface area contributed by atoms with Crippen molar-refractivity contribution >= 4 is 5.91 Å². The van der Waals surface area contributed by atoms with Gasteiger partial charge in [-0.15, -0.1) is 0 Å². The largest absolute Gasteiger partial charge is 0.497 e. The summed E-state index contributed by atoms with van der Waals surface area (Å²) in [5, 5.41) is 6.94. The van der Waals surface area contributed by atoms with Gasteiger partial charge >= 0.3 is 0 Å². The second-order valence-corrected chi connectivity index (χ2v) is 5.90. The third-order valence-corrected chi connectivity index (χ3v) is 4.21. The number of nitrogens with two attached hydrogens (primary N) is 1. The number of benzene rings is 1. The number of ether oxygens (including phenoxy) is 1. The first kappa shape index (κ1) is 15.6. The molecule has 1 aliphatic carbocycles. The molecule has 1 saturated carbocycles. The molecule has 1 aromatic carbocycles. The fraction of sp³-hybridized carbons (Fsp3) is 0.412. The lowest BCUT2D eigenvalue weighted by atomic mass is 10.1. The Morgan fingerprint density at radius 1 is 1.43 bits per heavy atom. The van der Waals surface area contributed by atoms with Gasteiger partial charge in [0.1, 0.15) is 11.4 Å². The smallest absolute Gasteiger partial charge is 0.223 e. The molecule has 1 amide bonds. The fourth-order valence-electron chi connectivity index (χ4n) is 2.89. The van der Waals surface area contributed by atoms with Crippen LogP contribution in [0.25, 0.3) is 11.3 Å². The van der Waals surface area contributed by atoms with Gasteiger partial charge < -0.3 is 20.3 Å². The number of nitrogens with zero attached hydrogens (tertiary/aromatic N) is 1. The van der Waals surface area contributed by atoms with E-state index in [9.17, 15) is 4.79 Å². The van der Waals surface area contributed by atoms with E-state index in [0.717, 1.165) is 36.3 Å². The summed E-state index contributed by atoms with van der Waals surface area (Å²) in [6.07, 6.45) is 2.54. The molecule has 2 aromatic rings. The van der Waals surface area contributed by atoms with E-state index in [1.54, 1.807) is 7.11 Å². The maximum Gasteiger partial charge on any atom is 0.223 e. The van der Waals surface area contributed by atoms with Gasteiger partial charge in [0.2, 0.25) is 5.91 Å². The van der Waals surface area contributed by atoms with E-state index >= 15 is 0 Å². The molecule has 2 atom stereocenters. The zero-order valence-electron chi connectivity index (χ0n) is 13.1. The van der Waals surface area contributed by atoms with Crippen molar-refractivity contribution in [3.63, 3.8) is 0 Å². The highest BCUT2D eigenvalue weighted by molar-refractivity contribution is 5.79. The standard InChI is InChI=1S/C17H21N3O3/c1-22-14-4-2-3-11(8-14)16-9-15(23-20-16)10-19-17(21)12-5-6-13(18)7-12/h2-4,8-9,12-13H,5-7,10,18H2,1H3,(H,19,21)/t12-,13+/m0/s1. The number of aromatic nitrogens is 1. The van der Waals surface area contributed by atoms with Gasteiger partial charge in [-0.3, -0.25) is 4.79 Å². The fourth-order valence-corrected chi connectivity index (χ4v) is 2.89. The molecule has 6 heteroatoms. The Bertz CT molecular complexity index is 683. The monoisotopic (exact) mass is 315 g/mol. The molecule has 0 aliphatic heterocycles. The molecular weight excluding hydrogens is 294 g/mol. The molecule has 1 aliphatic rings. The number of carbonyl (C=O) groups is 1. The highest BCUT2D eigenvalue weighted by Gasteiger charge is 2.27. The maximum absolute atomic E-state index is 12.1. The van der Waals surface area contributed by atoms with Gasteiger partial charge in [0.05, 0.1) is 13.7 Å². The Balaban J connectivity index is 1.60. The molecule has 1 aromatic heterocycles. The quantitative estimate of drug-likeness (QED) is 0.881. The van der Waals surface area contributed by atoms with E-state index in [-0.39, 0.29) is 17.9 Å². The number of amides is 1. The molecule has 0 bridgehead atoms. The SMILES string of the molecule is COc1cccc(-c2cc(CNC(=O)[C@H]3CC[C@@H](N)C3)on2)c1. The molecule has 122 valence electrons. The van der Waals surface area contributed by atoms with E-state index < -0.39 is 0 Å². The van der Waals surface area contributed by atoms with Crippen molar-refractivity contribution in [2.45, 2.75) is 31.8 Å². The van der Waals surface area contributed by atoms with E-state index in [1.165, 1.54) is 0 Å². The van der Waals surface area contributed by atoms with Crippen LogP contribution in [0, 0.1) is 5.92 Å². The molecule has 0 unspecified atom stereocenters. The lowest BCUT2D eigenvalue weighted by molar-refractivity contribution is -0.125. The summed E-state index contributed by atoms with van der Waals surface area (Å²) in [7, 11) is 1.62. The Kier molecular flexibility index (Phi) is 4.62. The summed E-state index contributed by atoms with van der Waals surface area (Å²) in [5.74, 6) is 1.44. The lowest BCUT2D eigenvalue weighted by Gasteiger charge is -2.08. The predicted octanol–water partition coefficient (Wildman–Crippen LogP) is 2.09. The van der Waals surface area contributed by atoms with Gasteiger partial charge in [0.25, 0.3) is 0 Å². The topological polar surface area (TPSA) is 90.4 Å². The maximum atomic E-state index is 12.1. The zero-order valence-corrected chi connectivity index (χ0v) is 13.1. The van der Waals surface area contributed by atoms with Crippen LogP contribution in [0.3, 0.4) is 0 Å². The first-order valence-corrected chi connectivity index (χ1v) is 7.79. The summed E-state index contributed by atoms with van der Waals surface area (Å²) >= 11 is 0. The average Bonchev–Trinajstić information content (AvgIpc) is 3.22. The van der Waals surface area contributed by atoms with Crippen LogP contribution in [-0.4, -0.2) is 24.2 Å². The first-order chi connectivity index (χ1) is 11.2. The van der Waals surface area contributed by atoms with Gasteiger partial charge in [-0.1, -0.05) is 17.3 Å². The zero-order chi connectivity index (χ0) is 16.2. The summed E-state index contributed by atoms with van der Waals surface area (Å²) in [5.41, 5.74) is 7.47. The minimum Gasteiger partial charge on any atom is -0.497 e. The van der Waals surface area contributed by atoms with Crippen LogP contribution >= 0.6 is 0 Å². The minimum atomic E-state index is 0.0192. The third-order valence-electron chi connectivity index (χ3n) is 4.21. The molecule has 3 N–H and O–H groups in total. The van der Waals surface area contributed by atoms with Crippen LogP contribution in [0.2, 0.25) is 0 Å². The van der Waals surface area contributed by atoms with Gasteiger partial charge in [-0.05, 0) is 31.4 Å². The second-order valence-electron chi connectivity index (χ2n) is 5.90. The Labute approximate surface area is 135 Å². The van der Waals surface area contributed by atoms with Gasteiger partial charge in [0.15, 0.2) is 5.76 Å². The van der Waals surface area contributed by atoms with E-state index in [0.29, 0.717) is 12.3 Å². The molecule has 1 heterocycles. The predicted molar refractivity (Wildman–Crippen MR) is 85.7 cm³/mol. The van der Waals surface area contributed by atoms with E-state index in [1.807, 2.05) is 30.3 Å². The number of methoxy groups -OCH3 is 1. The molecule has 6 nitrogen and oxygen atoms in total. The molecule has 3 rings (SSSR count). The van der Waals surface area contributed by atoms with E-state index in [2.05, 4.69) is 10.5 Å². The highest BCUT2D eigenvalue weighted by atomic mass is 16.5. The lowest BCUT2D eigenvalue weighted by Crippen LogP contribution is -2.29. The molecule has 0 radical (unpaired) electrons. The van der Waals surface area contributed by atoms with Gasteiger partial charge in [-0.25, -0.2) is 0 Å². The second kappa shape index (κ2) is 6.83. The number of nitrogens with one attached hydrogen (secondary N) is 1. The number of hydrogen-bond acceptors (Lipinski definition) is 5.